The van der Waals surface area contributed by atoms with Gasteiger partial charge in [-0.15, -0.1) is 0 Å². The lowest BCUT2D eigenvalue weighted by molar-refractivity contribution is -0.123. The Morgan fingerprint density at radius 2 is 2.43 bits per heavy atom. The van der Waals surface area contributed by atoms with Crippen molar-refractivity contribution in [1.82, 2.24) is 5.32 Å². The minimum atomic E-state index is -0.0871. The van der Waals surface area contributed by atoms with Gasteiger partial charge in [0.25, 0.3) is 0 Å². The topological polar surface area (TPSA) is 75.3 Å². The second-order valence-electron chi connectivity index (χ2n) is 3.92. The van der Waals surface area contributed by atoms with Gasteiger partial charge < -0.3 is 16.2 Å². The molecule has 0 spiro atoms. The molecule has 1 aliphatic rings. The SMILES string of the molecule is CC(CO)CNC(=O)C1C=CC(N)C1. The zero-order chi connectivity index (χ0) is 10.6. The molecule has 1 aliphatic carbocycles. The van der Waals surface area contributed by atoms with Crippen LogP contribution < -0.4 is 11.1 Å². The third-order valence-electron chi connectivity index (χ3n) is 2.39. The van der Waals surface area contributed by atoms with Crippen LogP contribution in [0.1, 0.15) is 13.3 Å². The average molecular weight is 198 g/mol. The fourth-order valence-corrected chi connectivity index (χ4v) is 1.39. The average Bonchev–Trinajstić information content (AvgIpc) is 2.60. The Labute approximate surface area is 84.2 Å². The summed E-state index contributed by atoms with van der Waals surface area (Å²) in [6.45, 7) is 2.51. The summed E-state index contributed by atoms with van der Waals surface area (Å²) in [6.07, 6.45) is 4.41. The minimum Gasteiger partial charge on any atom is -0.396 e. The van der Waals surface area contributed by atoms with E-state index in [2.05, 4.69) is 5.32 Å². The van der Waals surface area contributed by atoms with Crippen LogP contribution in [0.2, 0.25) is 0 Å². The van der Waals surface area contributed by atoms with E-state index in [9.17, 15) is 4.79 Å². The van der Waals surface area contributed by atoms with Gasteiger partial charge in [0.05, 0.1) is 5.92 Å². The highest BCUT2D eigenvalue weighted by Gasteiger charge is 2.22. The summed E-state index contributed by atoms with van der Waals surface area (Å²) in [5.74, 6) is 0.0309. The summed E-state index contributed by atoms with van der Waals surface area (Å²) in [5.41, 5.74) is 5.64. The predicted octanol–water partition coefficient (Wildman–Crippen LogP) is -0.366. The van der Waals surface area contributed by atoms with Crippen LogP contribution in [-0.4, -0.2) is 30.2 Å². The number of hydrogen-bond donors (Lipinski definition) is 3. The molecule has 4 nitrogen and oxygen atoms in total. The third-order valence-corrected chi connectivity index (χ3v) is 2.39. The molecule has 0 aromatic carbocycles. The van der Waals surface area contributed by atoms with E-state index in [0.717, 1.165) is 0 Å². The van der Waals surface area contributed by atoms with Gasteiger partial charge in [-0.1, -0.05) is 19.1 Å². The molecular weight excluding hydrogens is 180 g/mol. The first kappa shape index (κ1) is 11.2. The van der Waals surface area contributed by atoms with Gasteiger partial charge in [0.1, 0.15) is 0 Å². The maximum Gasteiger partial charge on any atom is 0.227 e. The van der Waals surface area contributed by atoms with Crippen LogP contribution in [0.3, 0.4) is 0 Å². The molecule has 0 heterocycles. The molecule has 0 fully saturated rings. The summed E-state index contributed by atoms with van der Waals surface area (Å²) in [6, 6.07) is 0.0148. The number of carbonyl (C=O) groups is 1. The lowest BCUT2D eigenvalue weighted by atomic mass is 10.1. The Hall–Kier alpha value is -0.870. The Morgan fingerprint density at radius 3 is 2.93 bits per heavy atom. The Morgan fingerprint density at radius 1 is 1.71 bits per heavy atom. The standard InChI is InChI=1S/C10H18N2O2/c1-7(6-13)5-12-10(14)8-2-3-9(11)4-8/h2-3,7-9,13H,4-6,11H2,1H3,(H,12,14). The normalized spacial score (nSPS) is 27.6. The largest absolute Gasteiger partial charge is 0.396 e. The van der Waals surface area contributed by atoms with Crippen LogP contribution in [0.5, 0.6) is 0 Å². The molecule has 0 saturated heterocycles. The second kappa shape index (κ2) is 5.12. The number of rotatable bonds is 4. The Balaban J connectivity index is 2.26. The lowest BCUT2D eigenvalue weighted by Crippen LogP contribution is -2.34. The molecule has 0 bridgehead atoms. The van der Waals surface area contributed by atoms with Crippen molar-refractivity contribution in [3.05, 3.63) is 12.2 Å². The van der Waals surface area contributed by atoms with Gasteiger partial charge in [-0.2, -0.15) is 0 Å². The highest BCUT2D eigenvalue weighted by molar-refractivity contribution is 5.81. The number of hydrogen-bond acceptors (Lipinski definition) is 3. The van der Waals surface area contributed by atoms with Crippen molar-refractivity contribution in [2.45, 2.75) is 19.4 Å². The van der Waals surface area contributed by atoms with E-state index in [-0.39, 0.29) is 30.4 Å². The second-order valence-corrected chi connectivity index (χ2v) is 3.92. The number of aliphatic hydroxyl groups is 1. The van der Waals surface area contributed by atoms with Crippen molar-refractivity contribution in [3.63, 3.8) is 0 Å². The molecule has 3 unspecified atom stereocenters. The molecule has 14 heavy (non-hydrogen) atoms. The van der Waals surface area contributed by atoms with Crippen LogP contribution in [0.15, 0.2) is 12.2 Å². The molecule has 0 aliphatic heterocycles. The molecule has 0 aromatic rings. The van der Waals surface area contributed by atoms with Gasteiger partial charge in [0, 0.05) is 19.2 Å². The van der Waals surface area contributed by atoms with Gasteiger partial charge in [-0.05, 0) is 12.3 Å². The van der Waals surface area contributed by atoms with Crippen molar-refractivity contribution in [3.8, 4) is 0 Å². The maximum absolute atomic E-state index is 11.5. The smallest absolute Gasteiger partial charge is 0.227 e. The highest BCUT2D eigenvalue weighted by Crippen LogP contribution is 2.16. The zero-order valence-electron chi connectivity index (χ0n) is 8.44. The van der Waals surface area contributed by atoms with Crippen LogP contribution in [0.4, 0.5) is 0 Å². The van der Waals surface area contributed by atoms with E-state index >= 15 is 0 Å². The summed E-state index contributed by atoms with van der Waals surface area (Å²) < 4.78 is 0. The summed E-state index contributed by atoms with van der Waals surface area (Å²) in [7, 11) is 0. The summed E-state index contributed by atoms with van der Waals surface area (Å²) in [4.78, 5) is 11.5. The van der Waals surface area contributed by atoms with Crippen molar-refractivity contribution < 1.29 is 9.90 Å². The molecule has 0 aromatic heterocycles. The Kier molecular flexibility index (Phi) is 4.10. The highest BCUT2D eigenvalue weighted by atomic mass is 16.3. The molecule has 1 rings (SSSR count). The first-order valence-corrected chi connectivity index (χ1v) is 4.96. The monoisotopic (exact) mass is 198 g/mol. The molecule has 3 atom stereocenters. The zero-order valence-corrected chi connectivity index (χ0v) is 8.44. The first-order valence-electron chi connectivity index (χ1n) is 4.96. The van der Waals surface area contributed by atoms with Crippen molar-refractivity contribution in [1.29, 1.82) is 0 Å². The van der Waals surface area contributed by atoms with E-state index in [1.54, 1.807) is 0 Å². The van der Waals surface area contributed by atoms with E-state index in [1.807, 2.05) is 19.1 Å². The number of nitrogens with one attached hydrogen (secondary N) is 1. The first-order chi connectivity index (χ1) is 6.63. The fraction of sp³-hybridized carbons (Fsp3) is 0.700. The van der Waals surface area contributed by atoms with Crippen molar-refractivity contribution in [2.75, 3.05) is 13.2 Å². The lowest BCUT2D eigenvalue weighted by Gasteiger charge is -2.13. The van der Waals surface area contributed by atoms with Crippen molar-refractivity contribution >= 4 is 5.91 Å². The molecule has 1 amide bonds. The molecule has 4 N–H and O–H groups in total. The molecule has 80 valence electrons. The number of aliphatic hydroxyl groups excluding tert-OH is 1. The van der Waals surface area contributed by atoms with E-state index in [0.29, 0.717) is 13.0 Å². The predicted molar refractivity (Wildman–Crippen MR) is 54.5 cm³/mol. The van der Waals surface area contributed by atoms with Crippen molar-refractivity contribution in [2.24, 2.45) is 17.6 Å². The number of nitrogens with two attached hydrogens (primary N) is 1. The van der Waals surface area contributed by atoms with Gasteiger partial charge in [0.15, 0.2) is 0 Å². The van der Waals surface area contributed by atoms with Crippen LogP contribution in [0, 0.1) is 11.8 Å². The van der Waals surface area contributed by atoms with E-state index in [1.165, 1.54) is 0 Å². The van der Waals surface area contributed by atoms with Crippen LogP contribution in [0.25, 0.3) is 0 Å². The van der Waals surface area contributed by atoms with E-state index in [4.69, 9.17) is 10.8 Å². The van der Waals surface area contributed by atoms with E-state index < -0.39 is 0 Å². The molecule has 0 radical (unpaired) electrons. The maximum atomic E-state index is 11.5. The van der Waals surface area contributed by atoms with Crippen LogP contribution >= 0.6 is 0 Å². The van der Waals surface area contributed by atoms with Gasteiger partial charge in [-0.3, -0.25) is 4.79 Å². The van der Waals surface area contributed by atoms with Gasteiger partial charge in [0.2, 0.25) is 5.91 Å². The fourth-order valence-electron chi connectivity index (χ4n) is 1.39. The summed E-state index contributed by atoms with van der Waals surface area (Å²) >= 11 is 0. The molecular formula is C10H18N2O2. The number of carbonyl (C=O) groups excluding carboxylic acids is 1. The minimum absolute atomic E-state index is 0.00880. The molecule has 4 heteroatoms. The molecule has 0 saturated carbocycles. The number of amides is 1. The quantitative estimate of drug-likeness (QED) is 0.540. The Bertz CT molecular complexity index is 228. The van der Waals surface area contributed by atoms with Gasteiger partial charge >= 0.3 is 0 Å². The van der Waals surface area contributed by atoms with Crippen LogP contribution in [-0.2, 0) is 4.79 Å². The summed E-state index contributed by atoms with van der Waals surface area (Å²) in [5, 5.41) is 11.6. The van der Waals surface area contributed by atoms with Gasteiger partial charge in [-0.25, -0.2) is 0 Å². The third kappa shape index (κ3) is 3.12.